The van der Waals surface area contributed by atoms with Crippen molar-refractivity contribution >= 4 is 27.5 Å². The van der Waals surface area contributed by atoms with Crippen LogP contribution in [0.3, 0.4) is 0 Å². The Morgan fingerprint density at radius 2 is 1.71 bits per heavy atom. The van der Waals surface area contributed by atoms with Crippen LogP contribution in [-0.4, -0.2) is 15.1 Å². The summed E-state index contributed by atoms with van der Waals surface area (Å²) in [6.45, 7) is 1.91. The Morgan fingerprint density at radius 1 is 0.893 bits per heavy atom. The summed E-state index contributed by atoms with van der Waals surface area (Å²) in [6, 6.07) is 21.9. The molecule has 4 N–H and O–H groups in total. The third kappa shape index (κ3) is 2.50. The zero-order valence-corrected chi connectivity index (χ0v) is 15.4. The third-order valence-corrected chi connectivity index (χ3v) is 5.15. The van der Waals surface area contributed by atoms with Crippen molar-refractivity contribution in [3.8, 4) is 28.1 Å². The maximum atomic E-state index is 10.6. The first kappa shape index (κ1) is 16.4. The van der Waals surface area contributed by atoms with Gasteiger partial charge in [-0.1, -0.05) is 36.4 Å². The largest absolute Gasteiger partial charge is 0.507 e. The zero-order valence-electron chi connectivity index (χ0n) is 15.4. The number of benzene rings is 3. The Balaban J connectivity index is 1.74. The van der Waals surface area contributed by atoms with Crippen molar-refractivity contribution in [2.45, 2.75) is 6.92 Å². The minimum atomic E-state index is 0.165. The number of nitrogen functional groups attached to an aromatic ring is 1. The zero-order chi connectivity index (χ0) is 19.3. The van der Waals surface area contributed by atoms with Crippen LogP contribution < -0.4 is 5.73 Å². The predicted molar refractivity (Wildman–Crippen MR) is 115 cm³/mol. The van der Waals surface area contributed by atoms with Crippen LogP contribution in [0.4, 0.5) is 5.69 Å². The summed E-state index contributed by atoms with van der Waals surface area (Å²) in [5.41, 5.74) is 13.1. The first-order valence-corrected chi connectivity index (χ1v) is 9.17. The van der Waals surface area contributed by atoms with E-state index in [0.29, 0.717) is 11.3 Å². The minimum absolute atomic E-state index is 0.165. The molecule has 0 spiro atoms. The lowest BCUT2D eigenvalue weighted by Crippen LogP contribution is -1.95. The van der Waals surface area contributed by atoms with Crippen molar-refractivity contribution in [1.82, 2.24) is 9.97 Å². The number of aromatic hydroxyl groups is 1. The standard InChI is InChI=1S/C24H19N3O/c1-14-11-19(25)23(22(28)12-14)18-6-4-10-26-24(18)15-8-9-17-16-5-2-3-7-20(16)27-21(17)13-15/h2-13,27-28H,25H2,1H3. The fourth-order valence-electron chi connectivity index (χ4n) is 3.93. The van der Waals surface area contributed by atoms with E-state index in [1.807, 2.05) is 37.3 Å². The van der Waals surface area contributed by atoms with E-state index in [4.69, 9.17) is 5.73 Å². The fraction of sp³-hybridized carbons (Fsp3) is 0.0417. The van der Waals surface area contributed by atoms with Gasteiger partial charge in [-0.3, -0.25) is 4.98 Å². The Morgan fingerprint density at radius 3 is 2.57 bits per heavy atom. The van der Waals surface area contributed by atoms with Crippen molar-refractivity contribution in [2.75, 3.05) is 5.73 Å². The van der Waals surface area contributed by atoms with E-state index in [2.05, 4.69) is 40.3 Å². The lowest BCUT2D eigenvalue weighted by molar-refractivity contribution is 0.477. The number of phenolic OH excluding ortho intramolecular Hbond substituents is 1. The molecule has 0 aliphatic carbocycles. The number of anilines is 1. The number of fused-ring (bicyclic) bond motifs is 3. The first-order valence-electron chi connectivity index (χ1n) is 9.17. The van der Waals surface area contributed by atoms with Gasteiger partial charge in [0.2, 0.25) is 0 Å². The number of para-hydroxylation sites is 1. The second kappa shape index (κ2) is 6.13. The predicted octanol–water partition coefficient (Wildman–Crippen LogP) is 5.65. The minimum Gasteiger partial charge on any atom is -0.507 e. The molecule has 0 bridgehead atoms. The number of nitrogens with two attached hydrogens (primary N) is 1. The van der Waals surface area contributed by atoms with Crippen LogP contribution in [0.2, 0.25) is 0 Å². The molecule has 28 heavy (non-hydrogen) atoms. The van der Waals surface area contributed by atoms with Gasteiger partial charge in [0, 0.05) is 50.4 Å². The first-order chi connectivity index (χ1) is 13.6. The average molecular weight is 365 g/mol. The molecule has 0 fully saturated rings. The molecule has 0 radical (unpaired) electrons. The summed E-state index contributed by atoms with van der Waals surface area (Å²) in [6.07, 6.45) is 1.76. The summed E-state index contributed by atoms with van der Waals surface area (Å²) < 4.78 is 0. The van der Waals surface area contributed by atoms with Crippen LogP contribution in [0, 0.1) is 6.92 Å². The van der Waals surface area contributed by atoms with Gasteiger partial charge in [0.05, 0.1) is 5.69 Å². The van der Waals surface area contributed by atoms with Crippen LogP contribution in [-0.2, 0) is 0 Å². The number of H-pyrrole nitrogens is 1. The van der Waals surface area contributed by atoms with Gasteiger partial charge in [0.25, 0.3) is 0 Å². The van der Waals surface area contributed by atoms with Crippen LogP contribution in [0.5, 0.6) is 5.75 Å². The molecule has 0 amide bonds. The van der Waals surface area contributed by atoms with E-state index in [0.717, 1.165) is 33.4 Å². The fourth-order valence-corrected chi connectivity index (χ4v) is 3.93. The second-order valence-corrected chi connectivity index (χ2v) is 7.08. The van der Waals surface area contributed by atoms with Gasteiger partial charge >= 0.3 is 0 Å². The average Bonchev–Trinajstić information content (AvgIpc) is 3.05. The number of hydrogen-bond donors (Lipinski definition) is 3. The molecule has 0 atom stereocenters. The number of aryl methyl sites for hydroxylation is 1. The molecule has 4 nitrogen and oxygen atoms in total. The SMILES string of the molecule is Cc1cc(N)c(-c2cccnc2-c2ccc3c(c2)[nH]c2ccccc23)c(O)c1. The highest BCUT2D eigenvalue weighted by Gasteiger charge is 2.16. The molecule has 5 rings (SSSR count). The van der Waals surface area contributed by atoms with Gasteiger partial charge in [0.15, 0.2) is 0 Å². The molecule has 0 aliphatic rings. The van der Waals surface area contributed by atoms with Crippen LogP contribution in [0.1, 0.15) is 5.56 Å². The van der Waals surface area contributed by atoms with Crippen molar-refractivity contribution < 1.29 is 5.11 Å². The number of pyridine rings is 1. The van der Waals surface area contributed by atoms with Crippen LogP contribution >= 0.6 is 0 Å². The van der Waals surface area contributed by atoms with Gasteiger partial charge in [-0.05, 0) is 42.8 Å². The van der Waals surface area contributed by atoms with Crippen molar-refractivity contribution in [2.24, 2.45) is 0 Å². The van der Waals surface area contributed by atoms with Gasteiger partial charge in [-0.15, -0.1) is 0 Å². The van der Waals surface area contributed by atoms with Gasteiger partial charge in [0.1, 0.15) is 5.75 Å². The molecular weight excluding hydrogens is 346 g/mol. The van der Waals surface area contributed by atoms with E-state index < -0.39 is 0 Å². The van der Waals surface area contributed by atoms with E-state index in [-0.39, 0.29) is 5.75 Å². The number of nitrogens with zero attached hydrogens (tertiary/aromatic N) is 1. The maximum Gasteiger partial charge on any atom is 0.125 e. The van der Waals surface area contributed by atoms with Gasteiger partial charge in [-0.2, -0.15) is 0 Å². The topological polar surface area (TPSA) is 74.9 Å². The molecule has 0 unspecified atom stereocenters. The van der Waals surface area contributed by atoms with Crippen molar-refractivity contribution in [3.63, 3.8) is 0 Å². The summed E-state index contributed by atoms with van der Waals surface area (Å²) in [5, 5.41) is 12.9. The Kier molecular flexibility index (Phi) is 3.59. The maximum absolute atomic E-state index is 10.6. The summed E-state index contributed by atoms with van der Waals surface area (Å²) in [5.74, 6) is 0.165. The number of hydrogen-bond acceptors (Lipinski definition) is 3. The molecule has 0 saturated heterocycles. The highest BCUT2D eigenvalue weighted by atomic mass is 16.3. The van der Waals surface area contributed by atoms with Gasteiger partial charge in [-0.25, -0.2) is 0 Å². The molecule has 2 heterocycles. The van der Waals surface area contributed by atoms with E-state index in [9.17, 15) is 5.11 Å². The number of aromatic nitrogens is 2. The monoisotopic (exact) mass is 365 g/mol. The van der Waals surface area contributed by atoms with Crippen LogP contribution in [0.25, 0.3) is 44.2 Å². The number of aromatic amines is 1. The molecule has 3 aromatic carbocycles. The molecule has 2 aromatic heterocycles. The highest BCUT2D eigenvalue weighted by molar-refractivity contribution is 6.08. The molecule has 0 saturated carbocycles. The summed E-state index contributed by atoms with van der Waals surface area (Å²) in [4.78, 5) is 8.09. The lowest BCUT2D eigenvalue weighted by Gasteiger charge is -2.14. The second-order valence-electron chi connectivity index (χ2n) is 7.08. The quantitative estimate of drug-likeness (QED) is 0.354. The Bertz CT molecular complexity index is 1330. The molecule has 0 aliphatic heterocycles. The molecule has 136 valence electrons. The third-order valence-electron chi connectivity index (χ3n) is 5.15. The number of rotatable bonds is 2. The number of phenols is 1. The molecular formula is C24H19N3O. The van der Waals surface area contributed by atoms with Crippen molar-refractivity contribution in [1.29, 1.82) is 0 Å². The molecule has 4 heteroatoms. The van der Waals surface area contributed by atoms with Gasteiger partial charge < -0.3 is 15.8 Å². The summed E-state index contributed by atoms with van der Waals surface area (Å²) in [7, 11) is 0. The number of nitrogens with one attached hydrogen (secondary N) is 1. The Labute approximate surface area is 162 Å². The van der Waals surface area contributed by atoms with E-state index >= 15 is 0 Å². The molecule has 5 aromatic rings. The van der Waals surface area contributed by atoms with E-state index in [1.165, 1.54) is 10.8 Å². The van der Waals surface area contributed by atoms with E-state index in [1.54, 1.807) is 12.3 Å². The van der Waals surface area contributed by atoms with Crippen LogP contribution in [0.15, 0.2) is 72.9 Å². The summed E-state index contributed by atoms with van der Waals surface area (Å²) >= 11 is 0. The lowest BCUT2D eigenvalue weighted by atomic mass is 9.95. The Hall–Kier alpha value is -3.79. The smallest absolute Gasteiger partial charge is 0.125 e. The normalized spacial score (nSPS) is 11.3. The van der Waals surface area contributed by atoms with Crippen molar-refractivity contribution in [3.05, 3.63) is 78.5 Å². The highest BCUT2D eigenvalue weighted by Crippen LogP contribution is 2.40.